The van der Waals surface area contributed by atoms with Crippen molar-refractivity contribution < 1.29 is 4.74 Å². The van der Waals surface area contributed by atoms with Crippen LogP contribution in [0.3, 0.4) is 0 Å². The Kier molecular flexibility index (Phi) is 5.22. The van der Waals surface area contributed by atoms with E-state index in [0.29, 0.717) is 5.92 Å². The third kappa shape index (κ3) is 3.74. The zero-order valence-electron chi connectivity index (χ0n) is 16.5. The van der Waals surface area contributed by atoms with Gasteiger partial charge in [0.25, 0.3) is 0 Å². The molecule has 0 N–H and O–H groups in total. The average Bonchev–Trinajstić information content (AvgIpc) is 2.70. The van der Waals surface area contributed by atoms with E-state index in [1.54, 1.807) is 0 Å². The van der Waals surface area contributed by atoms with Crippen molar-refractivity contribution in [2.24, 2.45) is 5.92 Å². The van der Waals surface area contributed by atoms with E-state index in [9.17, 15) is 0 Å². The van der Waals surface area contributed by atoms with E-state index in [0.717, 1.165) is 31.9 Å². The lowest BCUT2D eigenvalue weighted by molar-refractivity contribution is -0.0264. The number of piperidine rings is 1. The second-order valence-electron chi connectivity index (χ2n) is 8.03. The molecule has 2 unspecified atom stereocenters. The molecular formula is C24H30N2O. The first kappa shape index (κ1) is 18.1. The molecule has 2 aliphatic heterocycles. The molecule has 2 aromatic carbocycles. The minimum absolute atomic E-state index is 0.167. The number of hydrogen-bond acceptors (Lipinski definition) is 3. The Morgan fingerprint density at radius 1 is 1.04 bits per heavy atom. The molecule has 4 rings (SSSR count). The summed E-state index contributed by atoms with van der Waals surface area (Å²) in [4.78, 5) is 4.72. The highest BCUT2D eigenvalue weighted by Crippen LogP contribution is 2.38. The number of rotatable bonds is 4. The molecule has 0 spiro atoms. The molecule has 2 aliphatic rings. The number of ether oxygens (including phenoxy) is 1. The summed E-state index contributed by atoms with van der Waals surface area (Å²) in [7, 11) is 2.18. The fraction of sp³-hybridized carbons (Fsp3) is 0.417. The normalized spacial score (nSPS) is 25.7. The molecule has 3 atom stereocenters. The Balaban J connectivity index is 1.61. The summed E-state index contributed by atoms with van der Waals surface area (Å²) in [6.45, 7) is 9.72. The topological polar surface area (TPSA) is 15.7 Å². The molecule has 3 heteroatoms. The minimum atomic E-state index is 0.167. The van der Waals surface area contributed by atoms with Crippen molar-refractivity contribution in [2.75, 3.05) is 26.7 Å². The lowest BCUT2D eigenvalue weighted by atomic mass is 9.88. The molecule has 2 heterocycles. The summed E-state index contributed by atoms with van der Waals surface area (Å²) >= 11 is 0. The van der Waals surface area contributed by atoms with E-state index in [4.69, 9.17) is 4.74 Å². The molecule has 1 fully saturated rings. The van der Waals surface area contributed by atoms with Crippen molar-refractivity contribution in [3.8, 4) is 0 Å². The van der Waals surface area contributed by atoms with Crippen LogP contribution in [0.15, 0.2) is 67.1 Å². The van der Waals surface area contributed by atoms with Crippen LogP contribution in [0.2, 0.25) is 0 Å². The van der Waals surface area contributed by atoms with Crippen molar-refractivity contribution in [3.63, 3.8) is 0 Å². The van der Waals surface area contributed by atoms with Crippen molar-refractivity contribution >= 4 is 0 Å². The van der Waals surface area contributed by atoms with Crippen molar-refractivity contribution in [3.05, 3.63) is 83.7 Å². The predicted octanol–water partition coefficient (Wildman–Crippen LogP) is 4.46. The van der Waals surface area contributed by atoms with Crippen LogP contribution in [0.5, 0.6) is 0 Å². The molecular weight excluding hydrogens is 332 g/mol. The summed E-state index contributed by atoms with van der Waals surface area (Å²) < 4.78 is 6.47. The van der Waals surface area contributed by atoms with Crippen LogP contribution in [0.4, 0.5) is 0 Å². The largest absolute Gasteiger partial charge is 0.475 e. The highest BCUT2D eigenvalue weighted by atomic mass is 16.5. The molecule has 0 saturated carbocycles. The van der Waals surface area contributed by atoms with Crippen LogP contribution >= 0.6 is 0 Å². The van der Waals surface area contributed by atoms with Crippen molar-refractivity contribution in [1.82, 2.24) is 9.80 Å². The van der Waals surface area contributed by atoms with Gasteiger partial charge in [0.05, 0.1) is 6.04 Å². The van der Waals surface area contributed by atoms with Crippen molar-refractivity contribution in [1.29, 1.82) is 0 Å². The van der Waals surface area contributed by atoms with E-state index < -0.39 is 0 Å². The van der Waals surface area contributed by atoms with Gasteiger partial charge in [0.15, 0.2) is 5.88 Å². The molecule has 0 amide bonds. The van der Waals surface area contributed by atoms with Gasteiger partial charge < -0.3 is 14.5 Å². The van der Waals surface area contributed by atoms with Gasteiger partial charge in [-0.3, -0.25) is 0 Å². The quantitative estimate of drug-likeness (QED) is 0.747. The van der Waals surface area contributed by atoms with Crippen LogP contribution in [0.25, 0.3) is 0 Å². The number of fused-ring (bicyclic) bond motifs is 1. The first-order valence-corrected chi connectivity index (χ1v) is 10.1. The minimum Gasteiger partial charge on any atom is -0.475 e. The second-order valence-corrected chi connectivity index (χ2v) is 8.03. The first-order valence-electron chi connectivity index (χ1n) is 10.1. The maximum atomic E-state index is 6.47. The van der Waals surface area contributed by atoms with E-state index in [1.807, 2.05) is 0 Å². The predicted molar refractivity (Wildman–Crippen MR) is 110 cm³/mol. The number of nitrogens with zero attached hydrogens (tertiary/aromatic N) is 2. The maximum Gasteiger partial charge on any atom is 0.182 e. The fourth-order valence-electron chi connectivity index (χ4n) is 4.41. The van der Waals surface area contributed by atoms with E-state index >= 15 is 0 Å². The SMILES string of the molecule is C=C(O[C@H]1CN(C)CCC1C)N1CCc2ccccc2C1c1ccccc1. The molecule has 3 nitrogen and oxygen atoms in total. The van der Waals surface area contributed by atoms with Gasteiger partial charge in [-0.2, -0.15) is 0 Å². The van der Waals surface area contributed by atoms with Gasteiger partial charge in [-0.05, 0) is 55.6 Å². The van der Waals surface area contributed by atoms with Crippen LogP contribution in [0.1, 0.15) is 36.1 Å². The molecule has 0 radical (unpaired) electrons. The van der Waals surface area contributed by atoms with Gasteiger partial charge in [0.1, 0.15) is 6.10 Å². The van der Waals surface area contributed by atoms with Gasteiger partial charge in [-0.15, -0.1) is 0 Å². The average molecular weight is 363 g/mol. The van der Waals surface area contributed by atoms with Crippen LogP contribution in [-0.2, 0) is 11.2 Å². The lowest BCUT2D eigenvalue weighted by Crippen LogP contribution is -2.44. The summed E-state index contributed by atoms with van der Waals surface area (Å²) in [5.41, 5.74) is 4.10. The summed E-state index contributed by atoms with van der Waals surface area (Å²) in [5, 5.41) is 0. The lowest BCUT2D eigenvalue weighted by Gasteiger charge is -2.42. The number of likely N-dealkylation sites (tertiary alicyclic amines) is 1. The summed E-state index contributed by atoms with van der Waals surface area (Å²) in [6, 6.07) is 19.7. The van der Waals surface area contributed by atoms with Gasteiger partial charge in [0.2, 0.25) is 0 Å². The first-order chi connectivity index (χ1) is 13.1. The van der Waals surface area contributed by atoms with E-state index in [1.165, 1.54) is 23.1 Å². The third-order valence-corrected chi connectivity index (χ3v) is 6.10. The Morgan fingerprint density at radius 2 is 1.78 bits per heavy atom. The molecule has 27 heavy (non-hydrogen) atoms. The smallest absolute Gasteiger partial charge is 0.182 e. The molecule has 2 aromatic rings. The Hall–Kier alpha value is -2.26. The molecule has 0 aromatic heterocycles. The van der Waals surface area contributed by atoms with Crippen LogP contribution in [-0.4, -0.2) is 42.6 Å². The Morgan fingerprint density at radius 3 is 2.59 bits per heavy atom. The zero-order valence-corrected chi connectivity index (χ0v) is 16.5. The highest BCUT2D eigenvalue weighted by molar-refractivity contribution is 5.40. The van der Waals surface area contributed by atoms with Crippen LogP contribution in [0, 0.1) is 5.92 Å². The van der Waals surface area contributed by atoms with Crippen molar-refractivity contribution in [2.45, 2.75) is 31.9 Å². The third-order valence-electron chi connectivity index (χ3n) is 6.10. The molecule has 142 valence electrons. The van der Waals surface area contributed by atoms with Crippen LogP contribution < -0.4 is 0 Å². The number of benzene rings is 2. The van der Waals surface area contributed by atoms with Gasteiger partial charge >= 0.3 is 0 Å². The number of likely N-dealkylation sites (N-methyl/N-ethyl adjacent to an activating group) is 1. The monoisotopic (exact) mass is 362 g/mol. The van der Waals surface area contributed by atoms with Gasteiger partial charge in [-0.25, -0.2) is 0 Å². The molecule has 0 bridgehead atoms. The standard InChI is InChI=1S/C24H30N2O/c1-18-13-15-25(3)17-23(18)27-19(2)26-16-14-20-9-7-8-12-22(20)24(26)21-10-5-4-6-11-21/h4-12,18,23-24H,2,13-17H2,1,3H3/t18?,23-,24?/m0/s1. The summed E-state index contributed by atoms with van der Waals surface area (Å²) in [6.07, 6.45) is 2.42. The van der Waals surface area contributed by atoms with E-state index in [2.05, 4.69) is 84.9 Å². The Labute approximate surface area is 163 Å². The summed E-state index contributed by atoms with van der Waals surface area (Å²) in [5.74, 6) is 1.37. The second kappa shape index (κ2) is 7.77. The Bertz CT molecular complexity index is 788. The maximum absolute atomic E-state index is 6.47. The molecule has 0 aliphatic carbocycles. The van der Waals surface area contributed by atoms with E-state index in [-0.39, 0.29) is 12.1 Å². The highest BCUT2D eigenvalue weighted by Gasteiger charge is 2.33. The fourth-order valence-corrected chi connectivity index (χ4v) is 4.41. The van der Waals surface area contributed by atoms with Gasteiger partial charge in [-0.1, -0.05) is 61.5 Å². The zero-order chi connectivity index (χ0) is 18.8. The van der Waals surface area contributed by atoms with Gasteiger partial charge in [0, 0.05) is 13.1 Å². The number of hydrogen-bond donors (Lipinski definition) is 0. The molecule has 1 saturated heterocycles.